The summed E-state index contributed by atoms with van der Waals surface area (Å²) in [7, 11) is 0. The van der Waals surface area contributed by atoms with E-state index in [9.17, 15) is 9.59 Å². The Bertz CT molecular complexity index is 1390. The number of aromatic nitrogens is 1. The van der Waals surface area contributed by atoms with Crippen molar-refractivity contribution in [1.29, 1.82) is 0 Å². The summed E-state index contributed by atoms with van der Waals surface area (Å²) in [6.07, 6.45) is 2.89. The maximum atomic E-state index is 12.8. The van der Waals surface area contributed by atoms with Gasteiger partial charge in [0.05, 0.1) is 10.7 Å². The van der Waals surface area contributed by atoms with E-state index in [0.717, 1.165) is 52.8 Å². The van der Waals surface area contributed by atoms with Crippen molar-refractivity contribution in [1.82, 2.24) is 4.98 Å². The molecule has 0 unspecified atom stereocenters. The van der Waals surface area contributed by atoms with Crippen molar-refractivity contribution in [2.24, 2.45) is 5.92 Å². The van der Waals surface area contributed by atoms with Crippen LogP contribution in [0.25, 0.3) is 21.3 Å². The van der Waals surface area contributed by atoms with Gasteiger partial charge in [-0.15, -0.1) is 22.7 Å². The summed E-state index contributed by atoms with van der Waals surface area (Å²) >= 11 is 9.20. The Labute approximate surface area is 197 Å². The second-order valence-electron chi connectivity index (χ2n) is 8.09. The Morgan fingerprint density at radius 1 is 1.16 bits per heavy atom. The number of hydrogen-bond donors (Lipinski definition) is 1. The summed E-state index contributed by atoms with van der Waals surface area (Å²) < 4.78 is 0.981. The van der Waals surface area contributed by atoms with Crippen LogP contribution in [0.2, 0.25) is 5.02 Å². The molecule has 2 aliphatic rings. The maximum absolute atomic E-state index is 12.8. The van der Waals surface area contributed by atoms with Crippen molar-refractivity contribution in [3.8, 4) is 11.3 Å². The highest BCUT2D eigenvalue weighted by Gasteiger charge is 2.36. The molecule has 1 N–H and O–H groups in total. The molecule has 8 heteroatoms. The molecule has 2 aromatic heterocycles. The second kappa shape index (κ2) is 7.69. The lowest BCUT2D eigenvalue weighted by atomic mass is 10.1. The number of rotatable bonds is 4. The van der Waals surface area contributed by atoms with E-state index < -0.39 is 0 Å². The first-order valence-corrected chi connectivity index (χ1v) is 12.5. The Morgan fingerprint density at radius 2 is 2.00 bits per heavy atom. The SMILES string of the molecule is O=C(Nc1nc(-c2ccc3c(c2)CCN3C(=O)C2CC2)cs1)c1sc2ccccc2c1Cl. The Morgan fingerprint density at radius 3 is 2.81 bits per heavy atom. The highest BCUT2D eigenvalue weighted by Crippen LogP contribution is 2.39. The topological polar surface area (TPSA) is 62.3 Å². The molecular formula is C24H18ClN3O2S2. The lowest BCUT2D eigenvalue weighted by molar-refractivity contribution is -0.119. The summed E-state index contributed by atoms with van der Waals surface area (Å²) in [5, 5.41) is 6.72. The normalized spacial score (nSPS) is 15.2. The van der Waals surface area contributed by atoms with Crippen LogP contribution in [0.3, 0.4) is 0 Å². The Kier molecular flexibility index (Phi) is 4.78. The molecule has 0 saturated heterocycles. The van der Waals surface area contributed by atoms with Crippen molar-refractivity contribution in [2.45, 2.75) is 19.3 Å². The molecule has 4 aromatic rings. The quantitative estimate of drug-likeness (QED) is 0.377. The van der Waals surface area contributed by atoms with Gasteiger partial charge in [-0.05, 0) is 43.0 Å². The first-order chi connectivity index (χ1) is 15.6. The van der Waals surface area contributed by atoms with Crippen LogP contribution in [-0.2, 0) is 11.2 Å². The number of thiazole rings is 1. The molecule has 1 aliphatic carbocycles. The van der Waals surface area contributed by atoms with Gasteiger partial charge in [0.15, 0.2) is 5.13 Å². The monoisotopic (exact) mass is 479 g/mol. The van der Waals surface area contributed by atoms with Gasteiger partial charge < -0.3 is 4.90 Å². The number of anilines is 2. The van der Waals surface area contributed by atoms with E-state index in [0.29, 0.717) is 15.0 Å². The average Bonchev–Trinajstić information content (AvgIpc) is 3.26. The number of carbonyl (C=O) groups excluding carboxylic acids is 2. The molecule has 0 spiro atoms. The van der Waals surface area contributed by atoms with Crippen LogP contribution in [-0.4, -0.2) is 23.3 Å². The molecule has 1 saturated carbocycles. The van der Waals surface area contributed by atoms with Crippen molar-refractivity contribution >= 4 is 67.0 Å². The first kappa shape index (κ1) is 19.9. The molecule has 2 aromatic carbocycles. The zero-order valence-electron chi connectivity index (χ0n) is 16.9. The van der Waals surface area contributed by atoms with Gasteiger partial charge in [0.2, 0.25) is 5.91 Å². The largest absolute Gasteiger partial charge is 0.312 e. The minimum Gasteiger partial charge on any atom is -0.312 e. The number of thiophene rings is 1. The number of amides is 2. The first-order valence-electron chi connectivity index (χ1n) is 10.5. The number of carbonyl (C=O) groups is 2. The average molecular weight is 480 g/mol. The van der Waals surface area contributed by atoms with Crippen LogP contribution in [0.5, 0.6) is 0 Å². The van der Waals surface area contributed by atoms with Gasteiger partial charge >= 0.3 is 0 Å². The van der Waals surface area contributed by atoms with Crippen molar-refractivity contribution < 1.29 is 9.59 Å². The number of nitrogens with zero attached hydrogens (tertiary/aromatic N) is 2. The molecule has 3 heterocycles. The third kappa shape index (κ3) is 3.41. The predicted molar refractivity (Wildman–Crippen MR) is 131 cm³/mol. The van der Waals surface area contributed by atoms with Gasteiger partial charge in [0.25, 0.3) is 5.91 Å². The zero-order valence-corrected chi connectivity index (χ0v) is 19.3. The van der Waals surface area contributed by atoms with E-state index in [1.807, 2.05) is 46.7 Å². The fourth-order valence-corrected chi connectivity index (χ4v) is 6.25. The summed E-state index contributed by atoms with van der Waals surface area (Å²) in [6, 6.07) is 13.8. The fraction of sp³-hybridized carbons (Fsp3) is 0.208. The third-order valence-corrected chi connectivity index (χ3v) is 8.36. The Hall–Kier alpha value is -2.74. The fourth-order valence-electron chi connectivity index (χ4n) is 4.12. The summed E-state index contributed by atoms with van der Waals surface area (Å²) in [5.41, 5.74) is 3.99. The molecule has 160 valence electrons. The van der Waals surface area contributed by atoms with Crippen LogP contribution < -0.4 is 10.2 Å². The molecular weight excluding hydrogens is 462 g/mol. The molecule has 6 rings (SSSR count). The Balaban J connectivity index is 1.22. The van der Waals surface area contributed by atoms with Crippen molar-refractivity contribution in [2.75, 3.05) is 16.8 Å². The van der Waals surface area contributed by atoms with Crippen molar-refractivity contribution in [3.63, 3.8) is 0 Å². The number of fused-ring (bicyclic) bond motifs is 2. The van der Waals surface area contributed by atoms with Crippen LogP contribution in [0.1, 0.15) is 28.1 Å². The third-order valence-electron chi connectivity index (χ3n) is 5.93. The minimum atomic E-state index is -0.250. The molecule has 0 radical (unpaired) electrons. The van der Waals surface area contributed by atoms with Gasteiger partial charge in [0, 0.05) is 39.2 Å². The number of hydrogen-bond acceptors (Lipinski definition) is 5. The standard InChI is InChI=1S/C24H18ClN3O2S2/c25-20-16-3-1-2-4-19(16)32-21(20)22(29)27-24-26-17(12-31-24)14-7-8-18-15(11-14)9-10-28(18)23(30)13-5-6-13/h1-4,7-8,11-13H,5-6,9-10H2,(H,26,27,29). The van der Waals surface area contributed by atoms with Gasteiger partial charge in [-0.25, -0.2) is 4.98 Å². The van der Waals surface area contributed by atoms with Crippen molar-refractivity contribution in [3.05, 3.63) is 63.3 Å². The zero-order chi connectivity index (χ0) is 21.8. The van der Waals surface area contributed by atoms with Crippen LogP contribution >= 0.6 is 34.3 Å². The van der Waals surface area contributed by atoms with Gasteiger partial charge in [-0.3, -0.25) is 14.9 Å². The molecule has 0 bridgehead atoms. The van der Waals surface area contributed by atoms with E-state index >= 15 is 0 Å². The summed E-state index contributed by atoms with van der Waals surface area (Å²) in [6.45, 7) is 0.752. The summed E-state index contributed by atoms with van der Waals surface area (Å²) in [4.78, 5) is 32.3. The highest BCUT2D eigenvalue weighted by atomic mass is 35.5. The van der Waals surface area contributed by atoms with E-state index in [1.54, 1.807) is 0 Å². The van der Waals surface area contributed by atoms with E-state index in [-0.39, 0.29) is 17.7 Å². The van der Waals surface area contributed by atoms with Crippen LogP contribution in [0, 0.1) is 5.92 Å². The molecule has 1 fully saturated rings. The van der Waals surface area contributed by atoms with Gasteiger partial charge in [-0.1, -0.05) is 35.9 Å². The molecule has 5 nitrogen and oxygen atoms in total. The number of benzene rings is 2. The number of halogens is 1. The van der Waals surface area contributed by atoms with Gasteiger partial charge in [0.1, 0.15) is 4.88 Å². The van der Waals surface area contributed by atoms with E-state index in [1.165, 1.54) is 28.2 Å². The molecule has 1 aliphatic heterocycles. The molecule has 0 atom stereocenters. The van der Waals surface area contributed by atoms with E-state index in [4.69, 9.17) is 11.6 Å². The summed E-state index contributed by atoms with van der Waals surface area (Å²) in [5.74, 6) is 0.232. The second-order valence-corrected chi connectivity index (χ2v) is 10.4. The maximum Gasteiger partial charge on any atom is 0.269 e. The van der Waals surface area contributed by atoms with Gasteiger partial charge in [-0.2, -0.15) is 0 Å². The smallest absolute Gasteiger partial charge is 0.269 e. The highest BCUT2D eigenvalue weighted by molar-refractivity contribution is 7.21. The lowest BCUT2D eigenvalue weighted by Crippen LogP contribution is -2.30. The predicted octanol–water partition coefficient (Wildman–Crippen LogP) is 6.23. The minimum absolute atomic E-state index is 0.222. The molecule has 32 heavy (non-hydrogen) atoms. The molecule has 2 amide bonds. The lowest BCUT2D eigenvalue weighted by Gasteiger charge is -2.17. The van der Waals surface area contributed by atoms with Crippen LogP contribution in [0.15, 0.2) is 47.8 Å². The van der Waals surface area contributed by atoms with Crippen LogP contribution in [0.4, 0.5) is 10.8 Å². The van der Waals surface area contributed by atoms with E-state index in [2.05, 4.69) is 16.4 Å². The number of nitrogens with one attached hydrogen (secondary N) is 1.